The lowest BCUT2D eigenvalue weighted by atomic mass is 9.94. The lowest BCUT2D eigenvalue weighted by Gasteiger charge is -2.20. The predicted molar refractivity (Wildman–Crippen MR) is 66.7 cm³/mol. The van der Waals surface area contributed by atoms with Crippen molar-refractivity contribution in [2.75, 3.05) is 0 Å². The van der Waals surface area contributed by atoms with Gasteiger partial charge in [0.05, 0.1) is 6.04 Å². The van der Waals surface area contributed by atoms with E-state index in [0.29, 0.717) is 11.1 Å². The second-order valence-corrected chi connectivity index (χ2v) is 4.24. The fourth-order valence-corrected chi connectivity index (χ4v) is 2.04. The molecule has 0 saturated carbocycles. The molecule has 5 heteroatoms. The van der Waals surface area contributed by atoms with E-state index < -0.39 is 23.5 Å². The van der Waals surface area contributed by atoms with Crippen molar-refractivity contribution in [1.82, 2.24) is 5.43 Å². The third kappa shape index (κ3) is 2.62. The molecule has 0 aromatic heterocycles. The van der Waals surface area contributed by atoms with Crippen LogP contribution in [0.2, 0.25) is 0 Å². The first kappa shape index (κ1) is 13.6. The number of aryl methyl sites for hydroxylation is 1. The minimum Gasteiger partial charge on any atom is -0.271 e. The van der Waals surface area contributed by atoms with Crippen LogP contribution in [0.5, 0.6) is 0 Å². The van der Waals surface area contributed by atoms with Crippen molar-refractivity contribution >= 4 is 0 Å². The molecule has 100 valence electrons. The number of hydrazine groups is 1. The highest BCUT2D eigenvalue weighted by Crippen LogP contribution is 2.28. The second kappa shape index (κ2) is 5.42. The van der Waals surface area contributed by atoms with E-state index in [2.05, 4.69) is 5.43 Å². The van der Waals surface area contributed by atoms with E-state index in [0.717, 1.165) is 12.1 Å². The number of halogens is 3. The van der Waals surface area contributed by atoms with Crippen molar-refractivity contribution < 1.29 is 13.2 Å². The van der Waals surface area contributed by atoms with Gasteiger partial charge in [-0.2, -0.15) is 0 Å². The topological polar surface area (TPSA) is 38.0 Å². The SMILES string of the molecule is Cc1ccc(F)cc1C(NN)c1c(F)cccc1F. The Morgan fingerprint density at radius 2 is 1.68 bits per heavy atom. The third-order valence-corrected chi connectivity index (χ3v) is 3.01. The van der Waals surface area contributed by atoms with Gasteiger partial charge in [-0.3, -0.25) is 5.84 Å². The quantitative estimate of drug-likeness (QED) is 0.662. The first-order valence-electron chi connectivity index (χ1n) is 5.70. The highest BCUT2D eigenvalue weighted by atomic mass is 19.1. The zero-order valence-electron chi connectivity index (χ0n) is 10.3. The summed E-state index contributed by atoms with van der Waals surface area (Å²) in [5.41, 5.74) is 3.20. The Morgan fingerprint density at radius 3 is 2.26 bits per heavy atom. The van der Waals surface area contributed by atoms with Gasteiger partial charge in [-0.25, -0.2) is 18.6 Å². The summed E-state index contributed by atoms with van der Waals surface area (Å²) in [6.07, 6.45) is 0. The third-order valence-electron chi connectivity index (χ3n) is 3.01. The molecule has 0 aliphatic rings. The lowest BCUT2D eigenvalue weighted by molar-refractivity contribution is 0.507. The van der Waals surface area contributed by atoms with Gasteiger partial charge in [0, 0.05) is 5.56 Å². The van der Waals surface area contributed by atoms with Gasteiger partial charge in [-0.15, -0.1) is 0 Å². The van der Waals surface area contributed by atoms with Gasteiger partial charge in [0.25, 0.3) is 0 Å². The number of hydrogen-bond donors (Lipinski definition) is 2. The number of nitrogens with two attached hydrogens (primary N) is 1. The Balaban J connectivity index is 2.59. The van der Waals surface area contributed by atoms with Gasteiger partial charge in [0.2, 0.25) is 0 Å². The van der Waals surface area contributed by atoms with Crippen LogP contribution in [0.4, 0.5) is 13.2 Å². The van der Waals surface area contributed by atoms with Crippen molar-refractivity contribution in [2.45, 2.75) is 13.0 Å². The molecule has 2 aromatic rings. The zero-order valence-corrected chi connectivity index (χ0v) is 10.3. The normalized spacial score (nSPS) is 12.5. The molecular weight excluding hydrogens is 253 g/mol. The molecule has 3 N–H and O–H groups in total. The predicted octanol–water partition coefficient (Wildman–Crippen LogP) is 2.97. The standard InChI is InChI=1S/C14H13F3N2/c1-8-5-6-9(15)7-10(8)14(19-18)13-11(16)3-2-4-12(13)17/h2-7,14,19H,18H2,1H3. The van der Waals surface area contributed by atoms with Crippen LogP contribution in [0, 0.1) is 24.4 Å². The van der Waals surface area contributed by atoms with E-state index in [1.807, 2.05) is 0 Å². The highest BCUT2D eigenvalue weighted by Gasteiger charge is 2.22. The summed E-state index contributed by atoms with van der Waals surface area (Å²) in [5, 5.41) is 0. The zero-order chi connectivity index (χ0) is 14.0. The molecule has 0 bridgehead atoms. The average molecular weight is 266 g/mol. The monoisotopic (exact) mass is 266 g/mol. The van der Waals surface area contributed by atoms with Crippen LogP contribution in [-0.2, 0) is 0 Å². The fourth-order valence-electron chi connectivity index (χ4n) is 2.04. The van der Waals surface area contributed by atoms with E-state index in [-0.39, 0.29) is 5.56 Å². The van der Waals surface area contributed by atoms with E-state index >= 15 is 0 Å². The molecule has 1 atom stereocenters. The molecule has 2 nitrogen and oxygen atoms in total. The van der Waals surface area contributed by atoms with Gasteiger partial charge < -0.3 is 0 Å². The molecule has 0 amide bonds. The Kier molecular flexibility index (Phi) is 3.87. The van der Waals surface area contributed by atoms with Gasteiger partial charge in [0.15, 0.2) is 0 Å². The second-order valence-electron chi connectivity index (χ2n) is 4.24. The van der Waals surface area contributed by atoms with Gasteiger partial charge in [0.1, 0.15) is 17.5 Å². The van der Waals surface area contributed by atoms with Crippen LogP contribution in [0.3, 0.4) is 0 Å². The van der Waals surface area contributed by atoms with Crippen LogP contribution < -0.4 is 11.3 Å². The Morgan fingerprint density at radius 1 is 1.05 bits per heavy atom. The molecule has 0 fully saturated rings. The van der Waals surface area contributed by atoms with Gasteiger partial charge >= 0.3 is 0 Å². The first-order valence-corrected chi connectivity index (χ1v) is 5.70. The molecule has 2 rings (SSSR count). The van der Waals surface area contributed by atoms with E-state index in [4.69, 9.17) is 5.84 Å². The van der Waals surface area contributed by atoms with E-state index in [1.54, 1.807) is 6.92 Å². The molecule has 19 heavy (non-hydrogen) atoms. The Bertz CT molecular complexity index is 579. The summed E-state index contributed by atoms with van der Waals surface area (Å²) in [7, 11) is 0. The molecule has 0 heterocycles. The van der Waals surface area contributed by atoms with Crippen LogP contribution >= 0.6 is 0 Å². The molecule has 2 aromatic carbocycles. The maximum atomic E-state index is 13.8. The van der Waals surface area contributed by atoms with Crippen molar-refractivity contribution in [1.29, 1.82) is 0 Å². The highest BCUT2D eigenvalue weighted by molar-refractivity contribution is 5.38. The minimum absolute atomic E-state index is 0.223. The molecule has 0 spiro atoms. The summed E-state index contributed by atoms with van der Waals surface area (Å²) in [4.78, 5) is 0. The van der Waals surface area contributed by atoms with Crippen molar-refractivity contribution in [3.63, 3.8) is 0 Å². The van der Waals surface area contributed by atoms with Crippen LogP contribution in [0.25, 0.3) is 0 Å². The van der Waals surface area contributed by atoms with Crippen molar-refractivity contribution in [3.05, 3.63) is 70.5 Å². The summed E-state index contributed by atoms with van der Waals surface area (Å²) in [6, 6.07) is 6.62. The minimum atomic E-state index is -0.947. The number of hydrogen-bond acceptors (Lipinski definition) is 2. The maximum Gasteiger partial charge on any atom is 0.131 e. The average Bonchev–Trinajstić information content (AvgIpc) is 2.37. The maximum absolute atomic E-state index is 13.8. The number of nitrogens with one attached hydrogen (secondary N) is 1. The smallest absolute Gasteiger partial charge is 0.131 e. The molecule has 0 aliphatic heterocycles. The molecular formula is C14H13F3N2. The summed E-state index contributed by atoms with van der Waals surface area (Å²) < 4.78 is 40.9. The van der Waals surface area contributed by atoms with Crippen LogP contribution in [-0.4, -0.2) is 0 Å². The molecule has 1 unspecified atom stereocenters. The summed E-state index contributed by atoms with van der Waals surface area (Å²) in [6.45, 7) is 1.72. The summed E-state index contributed by atoms with van der Waals surface area (Å²) in [5.74, 6) is 3.44. The number of rotatable bonds is 3. The van der Waals surface area contributed by atoms with Crippen molar-refractivity contribution in [2.24, 2.45) is 5.84 Å². The van der Waals surface area contributed by atoms with E-state index in [1.165, 1.54) is 24.3 Å². The lowest BCUT2D eigenvalue weighted by Crippen LogP contribution is -2.31. The van der Waals surface area contributed by atoms with Gasteiger partial charge in [-0.1, -0.05) is 12.1 Å². The Labute approximate surface area is 109 Å². The largest absolute Gasteiger partial charge is 0.271 e. The molecule has 0 radical (unpaired) electrons. The Hall–Kier alpha value is -1.85. The van der Waals surface area contributed by atoms with E-state index in [9.17, 15) is 13.2 Å². The first-order chi connectivity index (χ1) is 9.04. The van der Waals surface area contributed by atoms with Crippen LogP contribution in [0.15, 0.2) is 36.4 Å². The number of benzene rings is 2. The molecule has 0 saturated heterocycles. The van der Waals surface area contributed by atoms with Crippen molar-refractivity contribution in [3.8, 4) is 0 Å². The summed E-state index contributed by atoms with van der Waals surface area (Å²) >= 11 is 0. The fraction of sp³-hybridized carbons (Fsp3) is 0.143. The van der Waals surface area contributed by atoms with Gasteiger partial charge in [-0.05, 0) is 42.3 Å². The van der Waals surface area contributed by atoms with Crippen LogP contribution in [0.1, 0.15) is 22.7 Å². The molecule has 0 aliphatic carbocycles.